The number of nitro groups is 1. The summed E-state index contributed by atoms with van der Waals surface area (Å²) in [5.41, 5.74) is -0.576. The zero-order valence-corrected chi connectivity index (χ0v) is 13.9. The number of anilines is 1. The third kappa shape index (κ3) is 3.47. The molecule has 0 aliphatic carbocycles. The van der Waals surface area contributed by atoms with Crippen LogP contribution < -0.4 is 10.2 Å². The van der Waals surface area contributed by atoms with Crippen LogP contribution >= 0.6 is 0 Å². The Morgan fingerprint density at radius 3 is 2.58 bits per heavy atom. The summed E-state index contributed by atoms with van der Waals surface area (Å²) >= 11 is 0. The van der Waals surface area contributed by atoms with E-state index in [4.69, 9.17) is 0 Å². The molecule has 1 amide bonds. The molecule has 8 nitrogen and oxygen atoms in total. The van der Waals surface area contributed by atoms with Gasteiger partial charge in [0.05, 0.1) is 10.3 Å². The minimum atomic E-state index is -0.929. The average Bonchev–Trinajstić information content (AvgIpc) is 2.89. The van der Waals surface area contributed by atoms with Gasteiger partial charge in [0.25, 0.3) is 11.6 Å². The summed E-state index contributed by atoms with van der Waals surface area (Å²) in [4.78, 5) is 35.9. The molecule has 2 rings (SSSR count). The molecule has 2 N–H and O–H groups in total. The Morgan fingerprint density at radius 2 is 2.08 bits per heavy atom. The average molecular weight is 335 g/mol. The van der Waals surface area contributed by atoms with Gasteiger partial charge in [-0.05, 0) is 39.3 Å². The molecular weight excluding hydrogens is 314 g/mol. The first-order chi connectivity index (χ1) is 11.1. The van der Waals surface area contributed by atoms with Crippen LogP contribution in [0.25, 0.3) is 0 Å². The largest absolute Gasteiger partial charge is 0.481 e. The van der Waals surface area contributed by atoms with Gasteiger partial charge in [-0.3, -0.25) is 19.7 Å². The smallest absolute Gasteiger partial charge is 0.311 e. The first kappa shape index (κ1) is 17.7. The highest BCUT2D eigenvalue weighted by atomic mass is 16.6. The maximum absolute atomic E-state index is 12.0. The van der Waals surface area contributed by atoms with Crippen LogP contribution in [0.3, 0.4) is 0 Å². The number of nitro benzene ring substituents is 1. The van der Waals surface area contributed by atoms with E-state index in [1.54, 1.807) is 25.7 Å². The summed E-state index contributed by atoms with van der Waals surface area (Å²) in [6.45, 7) is 5.85. The number of benzene rings is 1. The van der Waals surface area contributed by atoms with Gasteiger partial charge in [-0.2, -0.15) is 0 Å². The van der Waals surface area contributed by atoms with Crippen molar-refractivity contribution in [2.45, 2.75) is 33.2 Å². The monoisotopic (exact) mass is 335 g/mol. The van der Waals surface area contributed by atoms with E-state index in [1.807, 2.05) is 0 Å². The van der Waals surface area contributed by atoms with Crippen molar-refractivity contribution in [3.63, 3.8) is 0 Å². The number of carboxylic acid groups (broad SMARTS) is 1. The number of carbonyl (C=O) groups is 2. The van der Waals surface area contributed by atoms with Crippen LogP contribution in [0.4, 0.5) is 11.4 Å². The topological polar surface area (TPSA) is 113 Å². The maximum Gasteiger partial charge on any atom is 0.311 e. The lowest BCUT2D eigenvalue weighted by atomic mass is 9.90. The standard InChI is InChI=1S/C16H21N3O5/c1-10(2)17-14(20)11-4-5-12(13(8-11)19(23)24)18-7-6-16(3,9-18)15(21)22/h4-5,8,10H,6-7,9H2,1-3H3,(H,17,20)(H,21,22). The van der Waals surface area contributed by atoms with Crippen molar-refractivity contribution in [2.24, 2.45) is 5.41 Å². The van der Waals surface area contributed by atoms with Crippen LogP contribution in [0.1, 0.15) is 37.6 Å². The number of nitrogens with zero attached hydrogens (tertiary/aromatic N) is 2. The highest BCUT2D eigenvalue weighted by Crippen LogP contribution is 2.37. The summed E-state index contributed by atoms with van der Waals surface area (Å²) in [6, 6.07) is 4.20. The lowest BCUT2D eigenvalue weighted by Gasteiger charge is -2.22. The van der Waals surface area contributed by atoms with Gasteiger partial charge in [-0.1, -0.05) is 0 Å². The molecule has 1 heterocycles. The van der Waals surface area contributed by atoms with Crippen molar-refractivity contribution in [3.8, 4) is 0 Å². The van der Waals surface area contributed by atoms with Gasteiger partial charge < -0.3 is 15.3 Å². The Bertz CT molecular complexity index is 688. The van der Waals surface area contributed by atoms with Crippen molar-refractivity contribution < 1.29 is 19.6 Å². The predicted octanol–water partition coefficient (Wildman–Crippen LogP) is 2.03. The number of amides is 1. The Kier molecular flexibility index (Phi) is 4.77. The quantitative estimate of drug-likeness (QED) is 0.629. The van der Waals surface area contributed by atoms with Crippen molar-refractivity contribution in [3.05, 3.63) is 33.9 Å². The minimum Gasteiger partial charge on any atom is -0.481 e. The molecule has 130 valence electrons. The zero-order valence-electron chi connectivity index (χ0n) is 13.9. The molecule has 0 bridgehead atoms. The van der Waals surface area contributed by atoms with Crippen LogP contribution in [-0.2, 0) is 4.79 Å². The fraction of sp³-hybridized carbons (Fsp3) is 0.500. The van der Waals surface area contributed by atoms with Crippen molar-refractivity contribution in [1.82, 2.24) is 5.32 Å². The van der Waals surface area contributed by atoms with Crippen molar-refractivity contribution in [1.29, 1.82) is 0 Å². The maximum atomic E-state index is 12.0. The number of hydrogen-bond acceptors (Lipinski definition) is 5. The number of hydrogen-bond donors (Lipinski definition) is 2. The van der Waals surface area contributed by atoms with Crippen LogP contribution in [0, 0.1) is 15.5 Å². The summed E-state index contributed by atoms with van der Waals surface area (Å²) in [7, 11) is 0. The summed E-state index contributed by atoms with van der Waals surface area (Å²) in [6.07, 6.45) is 0.412. The van der Waals surface area contributed by atoms with Crippen LogP contribution in [-0.4, -0.2) is 41.0 Å². The Balaban J connectivity index is 2.33. The predicted molar refractivity (Wildman–Crippen MR) is 88.3 cm³/mol. The molecule has 1 aromatic carbocycles. The highest BCUT2D eigenvalue weighted by Gasteiger charge is 2.42. The van der Waals surface area contributed by atoms with Gasteiger partial charge in [0.2, 0.25) is 0 Å². The zero-order chi connectivity index (χ0) is 18.1. The van der Waals surface area contributed by atoms with Gasteiger partial charge in [0.15, 0.2) is 0 Å². The highest BCUT2D eigenvalue weighted by molar-refractivity contribution is 5.96. The molecule has 1 unspecified atom stereocenters. The van der Waals surface area contributed by atoms with Gasteiger partial charge in [-0.15, -0.1) is 0 Å². The first-order valence-electron chi connectivity index (χ1n) is 7.72. The van der Waals surface area contributed by atoms with Crippen molar-refractivity contribution in [2.75, 3.05) is 18.0 Å². The first-order valence-corrected chi connectivity index (χ1v) is 7.72. The SMILES string of the molecule is CC(C)NC(=O)c1ccc(N2CCC(C)(C(=O)O)C2)c([N+](=O)[O-])c1. The molecule has 0 radical (unpaired) electrons. The van der Waals surface area contributed by atoms with E-state index in [1.165, 1.54) is 18.2 Å². The Morgan fingerprint density at radius 1 is 1.42 bits per heavy atom. The molecule has 0 saturated carbocycles. The molecule has 24 heavy (non-hydrogen) atoms. The second-order valence-corrected chi connectivity index (χ2v) is 6.63. The molecule has 1 fully saturated rings. The summed E-state index contributed by atoms with van der Waals surface area (Å²) in [5.74, 6) is -1.29. The lowest BCUT2D eigenvalue weighted by molar-refractivity contribution is -0.384. The molecule has 1 aliphatic heterocycles. The van der Waals surface area contributed by atoms with E-state index in [9.17, 15) is 24.8 Å². The van der Waals surface area contributed by atoms with Crippen LogP contribution in [0.2, 0.25) is 0 Å². The number of aliphatic carboxylic acids is 1. The molecule has 0 aromatic heterocycles. The molecule has 1 aromatic rings. The number of rotatable bonds is 5. The van der Waals surface area contributed by atoms with E-state index in [-0.39, 0.29) is 29.7 Å². The number of nitrogens with one attached hydrogen (secondary N) is 1. The number of carboxylic acids is 1. The van der Waals surface area contributed by atoms with Gasteiger partial charge in [0.1, 0.15) is 5.69 Å². The van der Waals surface area contributed by atoms with E-state index in [0.717, 1.165) is 0 Å². The Hall–Kier alpha value is -2.64. The third-order valence-electron chi connectivity index (χ3n) is 4.18. The number of carbonyl (C=O) groups excluding carboxylic acids is 1. The van der Waals surface area contributed by atoms with Crippen molar-refractivity contribution >= 4 is 23.3 Å². The molecule has 1 aliphatic rings. The summed E-state index contributed by atoms with van der Waals surface area (Å²) < 4.78 is 0. The Labute approximate surface area is 139 Å². The molecule has 1 saturated heterocycles. The third-order valence-corrected chi connectivity index (χ3v) is 4.18. The van der Waals surface area contributed by atoms with E-state index < -0.39 is 16.3 Å². The molecule has 8 heteroatoms. The van der Waals surface area contributed by atoms with Gasteiger partial charge >= 0.3 is 5.97 Å². The normalized spacial score (nSPS) is 20.2. The van der Waals surface area contributed by atoms with Gasteiger partial charge in [0, 0.05) is 30.8 Å². The molecular formula is C16H21N3O5. The fourth-order valence-electron chi connectivity index (χ4n) is 2.77. The fourth-order valence-corrected chi connectivity index (χ4v) is 2.77. The van der Waals surface area contributed by atoms with Crippen LogP contribution in [0.5, 0.6) is 0 Å². The molecule has 0 spiro atoms. The van der Waals surface area contributed by atoms with E-state index in [2.05, 4.69) is 5.32 Å². The second kappa shape index (κ2) is 6.46. The molecule has 1 atom stereocenters. The second-order valence-electron chi connectivity index (χ2n) is 6.63. The van der Waals surface area contributed by atoms with E-state index >= 15 is 0 Å². The van der Waals surface area contributed by atoms with Crippen LogP contribution in [0.15, 0.2) is 18.2 Å². The minimum absolute atomic E-state index is 0.0777. The van der Waals surface area contributed by atoms with Gasteiger partial charge in [-0.25, -0.2) is 0 Å². The summed E-state index contributed by atoms with van der Waals surface area (Å²) in [5, 5.41) is 23.4. The lowest BCUT2D eigenvalue weighted by Crippen LogP contribution is -2.32. The van der Waals surface area contributed by atoms with E-state index in [0.29, 0.717) is 18.7 Å².